The molecule has 0 aliphatic carbocycles. The number of aromatic nitrogens is 2. The van der Waals surface area contributed by atoms with Crippen molar-refractivity contribution in [3.8, 4) is 0 Å². The van der Waals surface area contributed by atoms with Gasteiger partial charge in [-0.05, 0) is 17.5 Å². The van der Waals surface area contributed by atoms with Crippen LogP contribution in [0.4, 0.5) is 5.69 Å². The number of hydrogen-bond acceptors (Lipinski definition) is 4. The van der Waals surface area contributed by atoms with Gasteiger partial charge < -0.3 is 10.6 Å². The van der Waals surface area contributed by atoms with Crippen LogP contribution in [-0.2, 0) is 24.8 Å². The first-order valence-corrected chi connectivity index (χ1v) is 7.06. The minimum atomic E-state index is -0.0341. The number of carbonyl (C=O) groups excluding carboxylic acids is 1. The van der Waals surface area contributed by atoms with Gasteiger partial charge in [-0.25, -0.2) is 0 Å². The van der Waals surface area contributed by atoms with Crippen LogP contribution in [0, 0.1) is 0 Å². The van der Waals surface area contributed by atoms with Gasteiger partial charge in [-0.3, -0.25) is 9.48 Å². The molecule has 0 saturated heterocycles. The number of nitrogens with one attached hydrogen (secondary N) is 2. The van der Waals surface area contributed by atoms with E-state index in [1.807, 2.05) is 35.4 Å². The first-order chi connectivity index (χ1) is 9.15. The number of hydrogen-bond donors (Lipinski definition) is 2. The molecule has 102 valence electrons. The quantitative estimate of drug-likeness (QED) is 0.792. The van der Waals surface area contributed by atoms with Gasteiger partial charge in [0.25, 0.3) is 0 Å². The Bertz CT molecular complexity index is 546. The van der Waals surface area contributed by atoms with Crippen molar-refractivity contribution in [2.75, 3.05) is 11.9 Å². The largest absolute Gasteiger partial charge is 0.325 e. The average molecular weight is 278 g/mol. The van der Waals surface area contributed by atoms with Crippen LogP contribution in [0.5, 0.6) is 0 Å². The van der Waals surface area contributed by atoms with Crippen LogP contribution in [0.2, 0.25) is 0 Å². The highest BCUT2D eigenvalue weighted by Crippen LogP contribution is 2.21. The van der Waals surface area contributed by atoms with E-state index >= 15 is 0 Å². The molecule has 2 N–H and O–H groups in total. The summed E-state index contributed by atoms with van der Waals surface area (Å²) in [6, 6.07) is 3.96. The van der Waals surface area contributed by atoms with Crippen LogP contribution in [0.15, 0.2) is 23.7 Å². The monoisotopic (exact) mass is 278 g/mol. The maximum absolute atomic E-state index is 11.0. The summed E-state index contributed by atoms with van der Waals surface area (Å²) in [6.45, 7) is 3.16. The lowest BCUT2D eigenvalue weighted by Crippen LogP contribution is -2.17. The van der Waals surface area contributed by atoms with Gasteiger partial charge >= 0.3 is 0 Å². The van der Waals surface area contributed by atoms with E-state index in [9.17, 15) is 4.79 Å². The fourth-order valence-corrected chi connectivity index (χ4v) is 2.59. The maximum atomic E-state index is 11.0. The fraction of sp³-hybridized carbons (Fsp3) is 0.385. The summed E-state index contributed by atoms with van der Waals surface area (Å²) >= 11 is 1.64. The SMILES string of the molecule is CC(=O)Nc1ccsc1CNCCc1ccn(C)n1. The van der Waals surface area contributed by atoms with E-state index in [-0.39, 0.29) is 5.91 Å². The number of aryl methyl sites for hydroxylation is 1. The van der Waals surface area contributed by atoms with Crippen molar-refractivity contribution in [2.24, 2.45) is 7.05 Å². The van der Waals surface area contributed by atoms with Crippen molar-refractivity contribution in [1.82, 2.24) is 15.1 Å². The Balaban J connectivity index is 1.76. The molecule has 2 aromatic heterocycles. The molecule has 1 amide bonds. The van der Waals surface area contributed by atoms with Gasteiger partial charge in [0.1, 0.15) is 0 Å². The smallest absolute Gasteiger partial charge is 0.221 e. The highest BCUT2D eigenvalue weighted by molar-refractivity contribution is 7.10. The Morgan fingerprint density at radius 1 is 1.47 bits per heavy atom. The Morgan fingerprint density at radius 2 is 2.32 bits per heavy atom. The maximum Gasteiger partial charge on any atom is 0.221 e. The minimum Gasteiger partial charge on any atom is -0.325 e. The molecular formula is C13H18N4OS. The lowest BCUT2D eigenvalue weighted by Gasteiger charge is -2.05. The average Bonchev–Trinajstić information content (AvgIpc) is 2.94. The van der Waals surface area contributed by atoms with Gasteiger partial charge in [-0.2, -0.15) is 5.10 Å². The summed E-state index contributed by atoms with van der Waals surface area (Å²) in [5.41, 5.74) is 1.99. The summed E-state index contributed by atoms with van der Waals surface area (Å²) in [4.78, 5) is 12.2. The zero-order valence-electron chi connectivity index (χ0n) is 11.1. The number of anilines is 1. The van der Waals surface area contributed by atoms with Crippen molar-refractivity contribution in [2.45, 2.75) is 19.9 Å². The molecular weight excluding hydrogens is 260 g/mol. The fourth-order valence-electron chi connectivity index (χ4n) is 1.79. The van der Waals surface area contributed by atoms with Crippen LogP contribution in [0.1, 0.15) is 17.5 Å². The van der Waals surface area contributed by atoms with Crippen LogP contribution in [-0.4, -0.2) is 22.2 Å². The predicted molar refractivity (Wildman–Crippen MR) is 77.2 cm³/mol. The molecule has 2 rings (SSSR count). The summed E-state index contributed by atoms with van der Waals surface area (Å²) < 4.78 is 1.81. The highest BCUT2D eigenvalue weighted by Gasteiger charge is 2.05. The Morgan fingerprint density at radius 3 is 3.00 bits per heavy atom. The molecule has 6 heteroatoms. The van der Waals surface area contributed by atoms with E-state index in [4.69, 9.17) is 0 Å². The van der Waals surface area contributed by atoms with Crippen LogP contribution in [0.25, 0.3) is 0 Å². The second-order valence-corrected chi connectivity index (χ2v) is 5.35. The Labute approximate surface area is 116 Å². The standard InChI is InChI=1S/C13H18N4OS/c1-10(18)15-12-5-8-19-13(12)9-14-6-3-11-4-7-17(2)16-11/h4-5,7-8,14H,3,6,9H2,1-2H3,(H,15,18). The van der Waals surface area contributed by atoms with E-state index in [1.54, 1.807) is 11.3 Å². The van der Waals surface area contributed by atoms with E-state index in [0.29, 0.717) is 0 Å². The van der Waals surface area contributed by atoms with Crippen molar-refractivity contribution >= 4 is 22.9 Å². The molecule has 0 spiro atoms. The molecule has 0 aliphatic rings. The van der Waals surface area contributed by atoms with E-state index < -0.39 is 0 Å². The lowest BCUT2D eigenvalue weighted by atomic mass is 10.3. The summed E-state index contributed by atoms with van der Waals surface area (Å²) in [6.07, 6.45) is 2.85. The van der Waals surface area contributed by atoms with Crippen LogP contribution >= 0.6 is 11.3 Å². The van der Waals surface area contributed by atoms with Gasteiger partial charge in [-0.15, -0.1) is 11.3 Å². The molecule has 0 fully saturated rings. The van der Waals surface area contributed by atoms with Gasteiger partial charge in [0.05, 0.1) is 11.4 Å². The van der Waals surface area contributed by atoms with Gasteiger partial charge in [0, 0.05) is 44.6 Å². The second-order valence-electron chi connectivity index (χ2n) is 4.35. The van der Waals surface area contributed by atoms with Gasteiger partial charge in [-0.1, -0.05) is 0 Å². The molecule has 0 saturated carbocycles. The first-order valence-electron chi connectivity index (χ1n) is 6.18. The number of thiophene rings is 1. The molecule has 0 bridgehead atoms. The number of amides is 1. The molecule has 0 aliphatic heterocycles. The summed E-state index contributed by atoms with van der Waals surface area (Å²) in [5.74, 6) is -0.0341. The third kappa shape index (κ3) is 4.18. The van der Waals surface area contributed by atoms with Crippen LogP contribution < -0.4 is 10.6 Å². The van der Waals surface area contributed by atoms with Crippen LogP contribution in [0.3, 0.4) is 0 Å². The van der Waals surface area contributed by atoms with Crippen molar-refractivity contribution in [3.05, 3.63) is 34.3 Å². The number of carbonyl (C=O) groups is 1. The van der Waals surface area contributed by atoms with Gasteiger partial charge in [0.2, 0.25) is 5.91 Å². The van der Waals surface area contributed by atoms with E-state index in [1.165, 1.54) is 6.92 Å². The normalized spacial score (nSPS) is 10.6. The molecule has 0 unspecified atom stereocenters. The Hall–Kier alpha value is -1.66. The van der Waals surface area contributed by atoms with E-state index in [2.05, 4.69) is 15.7 Å². The molecule has 19 heavy (non-hydrogen) atoms. The van der Waals surface area contributed by atoms with E-state index in [0.717, 1.165) is 35.8 Å². The minimum absolute atomic E-state index is 0.0341. The third-order valence-electron chi connectivity index (χ3n) is 2.67. The number of nitrogens with zero attached hydrogens (tertiary/aromatic N) is 2. The first kappa shape index (κ1) is 13.8. The Kier molecular flexibility index (Phi) is 4.70. The molecule has 2 heterocycles. The molecule has 0 aromatic carbocycles. The van der Waals surface area contributed by atoms with Crippen molar-refractivity contribution in [1.29, 1.82) is 0 Å². The molecule has 0 radical (unpaired) electrons. The molecule has 5 nitrogen and oxygen atoms in total. The summed E-state index contributed by atoms with van der Waals surface area (Å²) in [5, 5.41) is 12.5. The lowest BCUT2D eigenvalue weighted by molar-refractivity contribution is -0.114. The summed E-state index contributed by atoms with van der Waals surface area (Å²) in [7, 11) is 1.92. The van der Waals surface area contributed by atoms with Crippen molar-refractivity contribution < 1.29 is 4.79 Å². The topological polar surface area (TPSA) is 59.0 Å². The highest BCUT2D eigenvalue weighted by atomic mass is 32.1. The predicted octanol–water partition coefficient (Wildman–Crippen LogP) is 1.77. The zero-order valence-corrected chi connectivity index (χ0v) is 12.0. The number of rotatable bonds is 6. The van der Waals surface area contributed by atoms with Crippen molar-refractivity contribution in [3.63, 3.8) is 0 Å². The molecule has 0 atom stereocenters. The third-order valence-corrected chi connectivity index (χ3v) is 3.59. The zero-order chi connectivity index (χ0) is 13.7. The van der Waals surface area contributed by atoms with Gasteiger partial charge in [0.15, 0.2) is 0 Å². The molecule has 2 aromatic rings. The second kappa shape index (κ2) is 6.49.